The van der Waals surface area contributed by atoms with Crippen molar-refractivity contribution in [3.05, 3.63) is 47.6 Å². The lowest BCUT2D eigenvalue weighted by Gasteiger charge is -2.43. The third kappa shape index (κ3) is 6.42. The lowest BCUT2D eigenvalue weighted by Crippen LogP contribution is -2.48. The van der Waals surface area contributed by atoms with Crippen LogP contribution in [0.2, 0.25) is 0 Å². The van der Waals surface area contributed by atoms with Crippen molar-refractivity contribution in [3.63, 3.8) is 0 Å². The number of aromatic nitrogens is 4. The van der Waals surface area contributed by atoms with Crippen molar-refractivity contribution in [2.45, 2.75) is 108 Å². The van der Waals surface area contributed by atoms with Gasteiger partial charge in [-0.25, -0.2) is 37.5 Å². The molecule has 0 amide bonds. The molecule has 0 aromatic carbocycles. The average Bonchev–Trinajstić information content (AvgIpc) is 2.85. The summed E-state index contributed by atoms with van der Waals surface area (Å²) in [6, 6.07) is -0.181. The highest BCUT2D eigenvalue weighted by atomic mass is 19.3. The van der Waals surface area contributed by atoms with Gasteiger partial charge in [-0.2, -0.15) is 0 Å². The van der Waals surface area contributed by atoms with E-state index >= 15 is 0 Å². The van der Waals surface area contributed by atoms with Crippen LogP contribution in [0.25, 0.3) is 0 Å². The second-order valence-electron chi connectivity index (χ2n) is 10.5. The van der Waals surface area contributed by atoms with Crippen molar-refractivity contribution in [3.8, 4) is 0 Å². The van der Waals surface area contributed by atoms with E-state index in [2.05, 4.69) is 25.1 Å². The summed E-state index contributed by atoms with van der Waals surface area (Å²) >= 11 is 0. The first-order valence-electron chi connectivity index (χ1n) is 12.5. The number of alkyl halides is 4. The monoisotopic (exact) mass is 524 g/mol. The molecule has 2 saturated carbocycles. The topological polar surface area (TPSA) is 110 Å². The van der Waals surface area contributed by atoms with E-state index in [1.807, 2.05) is 6.92 Å². The summed E-state index contributed by atoms with van der Waals surface area (Å²) < 4.78 is 53.4. The first kappa shape index (κ1) is 28.9. The van der Waals surface area contributed by atoms with Gasteiger partial charge in [0.1, 0.15) is 11.6 Å². The molecule has 2 aromatic heterocycles. The second-order valence-corrected chi connectivity index (χ2v) is 10.5. The Labute approximate surface area is 215 Å². The van der Waals surface area contributed by atoms with Crippen molar-refractivity contribution in [2.75, 3.05) is 0 Å². The van der Waals surface area contributed by atoms with Crippen LogP contribution in [0.5, 0.6) is 0 Å². The molecule has 4 rings (SSSR count). The van der Waals surface area contributed by atoms with Gasteiger partial charge in [-0.3, -0.25) is 0 Å². The average molecular weight is 525 g/mol. The van der Waals surface area contributed by atoms with Crippen LogP contribution < -0.4 is 5.73 Å². The Morgan fingerprint density at radius 3 is 1.54 bits per heavy atom. The second kappa shape index (κ2) is 11.0. The number of aryl methyl sites for hydroxylation is 2. The molecule has 37 heavy (non-hydrogen) atoms. The van der Waals surface area contributed by atoms with Gasteiger partial charge in [-0.1, -0.05) is 5.16 Å². The van der Waals surface area contributed by atoms with E-state index < -0.39 is 22.7 Å². The summed E-state index contributed by atoms with van der Waals surface area (Å²) in [4.78, 5) is 16.6. The third-order valence-corrected chi connectivity index (χ3v) is 8.11. The maximum absolute atomic E-state index is 13.4. The quantitative estimate of drug-likeness (QED) is 0.231. The standard InChI is InChI=1S/C13H17F2N3O.C13H19F2N3/c1-9(18-19)12(3-5-13(14,15)6-4-12)11-7-16-10(2)17-8-11;1-9(16)12(3-5-13(14,15)6-4-12)11-7-17-10(2)18-8-11/h7-8,19H,3-6H2,1-2H3;7-9H,3-6,16H2,1-2H3/b18-9-;. The van der Waals surface area contributed by atoms with Gasteiger partial charge in [-0.05, 0) is 58.9 Å². The Balaban J connectivity index is 0.000000206. The number of nitrogens with zero attached hydrogens (tertiary/aromatic N) is 5. The summed E-state index contributed by atoms with van der Waals surface area (Å²) in [5, 5.41) is 12.3. The zero-order chi connectivity index (χ0) is 27.5. The molecule has 2 heterocycles. The number of hydrogen-bond donors (Lipinski definition) is 2. The Bertz CT molecular complexity index is 1050. The molecular weight excluding hydrogens is 488 g/mol. The molecule has 2 aliphatic carbocycles. The van der Waals surface area contributed by atoms with Gasteiger partial charge >= 0.3 is 0 Å². The minimum absolute atomic E-state index is 0.109. The van der Waals surface area contributed by atoms with Crippen molar-refractivity contribution in [2.24, 2.45) is 10.9 Å². The van der Waals surface area contributed by atoms with Gasteiger partial charge in [0.15, 0.2) is 0 Å². The van der Waals surface area contributed by atoms with Crippen LogP contribution in [0.1, 0.15) is 88.0 Å². The predicted octanol–water partition coefficient (Wildman–Crippen LogP) is 5.66. The molecule has 204 valence electrons. The fourth-order valence-electron chi connectivity index (χ4n) is 5.36. The van der Waals surface area contributed by atoms with E-state index in [4.69, 9.17) is 10.9 Å². The maximum Gasteiger partial charge on any atom is 0.248 e. The Kier molecular flexibility index (Phi) is 8.56. The normalized spacial score (nSPS) is 22.9. The van der Waals surface area contributed by atoms with Gasteiger partial charge in [0.05, 0.1) is 5.71 Å². The highest BCUT2D eigenvalue weighted by molar-refractivity contribution is 5.92. The lowest BCUT2D eigenvalue weighted by molar-refractivity contribution is -0.0548. The molecular formula is C26H36F4N6O. The molecule has 0 aliphatic heterocycles. The van der Waals surface area contributed by atoms with Gasteiger partial charge in [-0.15, -0.1) is 0 Å². The molecule has 2 aliphatic rings. The Morgan fingerprint density at radius 2 is 1.16 bits per heavy atom. The first-order valence-corrected chi connectivity index (χ1v) is 12.5. The zero-order valence-electron chi connectivity index (χ0n) is 21.8. The Morgan fingerprint density at radius 1 is 0.784 bits per heavy atom. The third-order valence-electron chi connectivity index (χ3n) is 8.11. The molecule has 0 saturated heterocycles. The van der Waals surface area contributed by atoms with Crippen molar-refractivity contribution in [1.29, 1.82) is 0 Å². The highest BCUT2D eigenvalue weighted by Gasteiger charge is 2.47. The molecule has 2 aromatic rings. The van der Waals surface area contributed by atoms with Crippen molar-refractivity contribution >= 4 is 5.71 Å². The molecule has 1 unspecified atom stereocenters. The van der Waals surface area contributed by atoms with Gasteiger partial charge < -0.3 is 10.9 Å². The minimum Gasteiger partial charge on any atom is -0.411 e. The number of nitrogens with two attached hydrogens (primary N) is 1. The van der Waals surface area contributed by atoms with Gasteiger partial charge in [0, 0.05) is 72.9 Å². The molecule has 3 N–H and O–H groups in total. The van der Waals surface area contributed by atoms with E-state index in [9.17, 15) is 17.6 Å². The van der Waals surface area contributed by atoms with Crippen LogP contribution in [-0.2, 0) is 10.8 Å². The SMILES string of the molecule is C/C(=N/O)C1(c2cnc(C)nc2)CCC(F)(F)CC1.Cc1ncc(C2(C(C)N)CCC(F)(F)CC2)cn1. The van der Waals surface area contributed by atoms with E-state index in [0.717, 1.165) is 11.1 Å². The molecule has 0 bridgehead atoms. The largest absolute Gasteiger partial charge is 0.411 e. The molecule has 0 spiro atoms. The summed E-state index contributed by atoms with van der Waals surface area (Å²) in [6.45, 7) is 7.10. The molecule has 11 heteroatoms. The summed E-state index contributed by atoms with van der Waals surface area (Å²) in [6.07, 6.45) is 7.36. The number of hydrogen-bond acceptors (Lipinski definition) is 7. The summed E-state index contributed by atoms with van der Waals surface area (Å²) in [5.41, 5.74) is 7.04. The zero-order valence-corrected chi connectivity index (χ0v) is 21.8. The number of halogens is 4. The van der Waals surface area contributed by atoms with Crippen molar-refractivity contribution < 1.29 is 22.8 Å². The lowest BCUT2D eigenvalue weighted by atomic mass is 9.65. The fourth-order valence-corrected chi connectivity index (χ4v) is 5.36. The van der Waals surface area contributed by atoms with Crippen LogP contribution >= 0.6 is 0 Å². The number of oxime groups is 1. The summed E-state index contributed by atoms with van der Waals surface area (Å²) in [5.74, 6) is -3.88. The fraction of sp³-hybridized carbons (Fsp3) is 0.654. The van der Waals surface area contributed by atoms with Crippen LogP contribution in [0.4, 0.5) is 17.6 Å². The van der Waals surface area contributed by atoms with E-state index in [1.54, 1.807) is 45.6 Å². The predicted molar refractivity (Wildman–Crippen MR) is 132 cm³/mol. The van der Waals surface area contributed by atoms with Gasteiger partial charge in [0.2, 0.25) is 11.8 Å². The summed E-state index contributed by atoms with van der Waals surface area (Å²) in [7, 11) is 0. The molecule has 2 fully saturated rings. The van der Waals surface area contributed by atoms with Gasteiger partial charge in [0.25, 0.3) is 0 Å². The Hall–Kier alpha value is -2.69. The smallest absolute Gasteiger partial charge is 0.248 e. The minimum atomic E-state index is -2.63. The highest BCUT2D eigenvalue weighted by Crippen LogP contribution is 2.47. The van der Waals surface area contributed by atoms with Crippen LogP contribution in [0, 0.1) is 13.8 Å². The molecule has 7 nitrogen and oxygen atoms in total. The van der Waals surface area contributed by atoms with Crippen molar-refractivity contribution in [1.82, 2.24) is 19.9 Å². The maximum atomic E-state index is 13.4. The van der Waals surface area contributed by atoms with E-state index in [0.29, 0.717) is 30.2 Å². The van der Waals surface area contributed by atoms with E-state index in [-0.39, 0.29) is 44.6 Å². The van der Waals surface area contributed by atoms with Crippen LogP contribution in [-0.4, -0.2) is 48.7 Å². The van der Waals surface area contributed by atoms with Crippen LogP contribution in [0.15, 0.2) is 29.9 Å². The molecule has 1 atom stereocenters. The van der Waals surface area contributed by atoms with Crippen LogP contribution in [0.3, 0.4) is 0 Å². The first-order chi connectivity index (χ1) is 17.3. The number of rotatable bonds is 4. The van der Waals surface area contributed by atoms with E-state index in [1.165, 1.54) is 0 Å². The molecule has 0 radical (unpaired) electrons.